The average Bonchev–Trinajstić information content (AvgIpc) is 3.52. The highest BCUT2D eigenvalue weighted by Gasteiger charge is 2.47. The lowest BCUT2D eigenvalue weighted by Gasteiger charge is -2.41. The molecule has 83 heavy (non-hydrogen) atoms. The van der Waals surface area contributed by atoms with E-state index in [-0.39, 0.29) is 19.4 Å². The SMILES string of the molecule is CC/C=C\C/C=C\C/C=C\C/C=C\C/C=C\C/C=C\CCCCCCCC(O)C(=O)NC(COC1OC(CO)C(O)C(O)C1OC(=O)CCCCCCCCCCCCCCCCCCCCC)C(O)/C=C/CCCCCCCCCCC. The molecule has 1 rings (SSSR count). The quantitative estimate of drug-likeness (QED) is 0.0195. The number of rotatable bonds is 58. The molecule has 11 nitrogen and oxygen atoms in total. The van der Waals surface area contributed by atoms with Crippen LogP contribution in [0, 0.1) is 0 Å². The molecule has 0 aromatic heterocycles. The van der Waals surface area contributed by atoms with Crippen molar-refractivity contribution in [1.29, 1.82) is 0 Å². The number of esters is 1. The summed E-state index contributed by atoms with van der Waals surface area (Å²) >= 11 is 0. The van der Waals surface area contributed by atoms with Gasteiger partial charge in [-0.3, -0.25) is 9.59 Å². The molecule has 0 radical (unpaired) electrons. The molecule has 480 valence electrons. The second-order valence-corrected chi connectivity index (χ2v) is 23.5. The van der Waals surface area contributed by atoms with Gasteiger partial charge in [0.25, 0.3) is 0 Å². The van der Waals surface area contributed by atoms with Gasteiger partial charge >= 0.3 is 5.97 Å². The van der Waals surface area contributed by atoms with Gasteiger partial charge in [0, 0.05) is 6.42 Å². The Labute approximate surface area is 508 Å². The molecule has 1 saturated heterocycles. The number of ether oxygens (including phenoxy) is 3. The summed E-state index contributed by atoms with van der Waals surface area (Å²) in [6.07, 6.45) is 67.6. The lowest BCUT2D eigenvalue weighted by molar-refractivity contribution is -0.305. The lowest BCUT2D eigenvalue weighted by Crippen LogP contribution is -2.61. The van der Waals surface area contributed by atoms with Gasteiger partial charge in [-0.05, 0) is 77.0 Å². The van der Waals surface area contributed by atoms with Crippen LogP contribution in [-0.2, 0) is 23.8 Å². The second-order valence-electron chi connectivity index (χ2n) is 23.5. The van der Waals surface area contributed by atoms with E-state index in [4.69, 9.17) is 14.2 Å². The molecule has 0 aromatic carbocycles. The van der Waals surface area contributed by atoms with Gasteiger partial charge in [-0.15, -0.1) is 0 Å². The van der Waals surface area contributed by atoms with Gasteiger partial charge in [0.1, 0.15) is 24.4 Å². The topological polar surface area (TPSA) is 175 Å². The van der Waals surface area contributed by atoms with Crippen LogP contribution in [0.15, 0.2) is 85.1 Å². The van der Waals surface area contributed by atoms with Crippen LogP contribution in [0.25, 0.3) is 0 Å². The first-order valence-corrected chi connectivity index (χ1v) is 34.4. The van der Waals surface area contributed by atoms with E-state index >= 15 is 0 Å². The number of carbonyl (C=O) groups is 2. The fourth-order valence-electron chi connectivity index (χ4n) is 10.4. The normalized spacial score (nSPS) is 19.1. The Bertz CT molecular complexity index is 1670. The first-order valence-electron chi connectivity index (χ1n) is 34.4. The largest absolute Gasteiger partial charge is 0.454 e. The van der Waals surface area contributed by atoms with Gasteiger partial charge in [0.15, 0.2) is 12.4 Å². The number of hydrogen-bond acceptors (Lipinski definition) is 10. The summed E-state index contributed by atoms with van der Waals surface area (Å²) in [6, 6.07) is -1.04. The molecular weight excluding hydrogens is 1040 g/mol. The highest BCUT2D eigenvalue weighted by Crippen LogP contribution is 2.26. The summed E-state index contributed by atoms with van der Waals surface area (Å²) in [5.74, 6) is -1.20. The van der Waals surface area contributed by atoms with E-state index in [1.54, 1.807) is 6.08 Å². The number of aliphatic hydroxyl groups is 5. The fourth-order valence-corrected chi connectivity index (χ4v) is 10.4. The Kier molecular flexibility index (Phi) is 55.5. The highest BCUT2D eigenvalue weighted by atomic mass is 16.7. The maximum atomic E-state index is 13.5. The van der Waals surface area contributed by atoms with Gasteiger partial charge in [-0.2, -0.15) is 0 Å². The third kappa shape index (κ3) is 46.7. The van der Waals surface area contributed by atoms with E-state index in [1.165, 1.54) is 141 Å². The van der Waals surface area contributed by atoms with Crippen LogP contribution >= 0.6 is 0 Å². The maximum absolute atomic E-state index is 13.5. The molecule has 8 atom stereocenters. The van der Waals surface area contributed by atoms with Crippen LogP contribution in [0.4, 0.5) is 0 Å². The van der Waals surface area contributed by atoms with Crippen molar-refractivity contribution in [2.24, 2.45) is 0 Å². The Morgan fingerprint density at radius 2 is 0.867 bits per heavy atom. The van der Waals surface area contributed by atoms with E-state index in [0.717, 1.165) is 109 Å². The number of aliphatic hydroxyl groups excluding tert-OH is 5. The zero-order valence-corrected chi connectivity index (χ0v) is 53.3. The van der Waals surface area contributed by atoms with Gasteiger partial charge in [0.05, 0.1) is 25.4 Å². The predicted molar refractivity (Wildman–Crippen MR) is 347 cm³/mol. The molecule has 0 aliphatic carbocycles. The first-order chi connectivity index (χ1) is 40.7. The molecule has 8 unspecified atom stereocenters. The van der Waals surface area contributed by atoms with Crippen molar-refractivity contribution < 1.29 is 49.3 Å². The zero-order chi connectivity index (χ0) is 60.3. The van der Waals surface area contributed by atoms with Crippen LogP contribution in [0.1, 0.15) is 297 Å². The van der Waals surface area contributed by atoms with Gasteiger partial charge < -0.3 is 45.1 Å². The number of amides is 1. The summed E-state index contributed by atoms with van der Waals surface area (Å²) in [7, 11) is 0. The minimum absolute atomic E-state index is 0.123. The van der Waals surface area contributed by atoms with Crippen molar-refractivity contribution in [3.63, 3.8) is 0 Å². The minimum Gasteiger partial charge on any atom is -0.454 e. The highest BCUT2D eigenvalue weighted by molar-refractivity contribution is 5.80. The van der Waals surface area contributed by atoms with Crippen molar-refractivity contribution >= 4 is 11.9 Å². The van der Waals surface area contributed by atoms with Crippen molar-refractivity contribution in [2.45, 2.75) is 346 Å². The molecule has 0 saturated carbocycles. The number of hydrogen-bond donors (Lipinski definition) is 6. The molecule has 1 amide bonds. The van der Waals surface area contributed by atoms with Crippen LogP contribution in [0.5, 0.6) is 0 Å². The van der Waals surface area contributed by atoms with E-state index in [2.05, 4.69) is 99.0 Å². The van der Waals surface area contributed by atoms with E-state index < -0.39 is 67.4 Å². The van der Waals surface area contributed by atoms with Crippen LogP contribution in [-0.4, -0.2) is 99.6 Å². The van der Waals surface area contributed by atoms with E-state index in [1.807, 2.05) is 6.08 Å². The van der Waals surface area contributed by atoms with Gasteiger partial charge in [0.2, 0.25) is 5.91 Å². The maximum Gasteiger partial charge on any atom is 0.306 e. The van der Waals surface area contributed by atoms with Crippen molar-refractivity contribution in [3.8, 4) is 0 Å². The summed E-state index contributed by atoms with van der Waals surface area (Å²) in [5, 5.41) is 57.1. The Balaban J connectivity index is 2.60. The summed E-state index contributed by atoms with van der Waals surface area (Å²) in [6.45, 7) is 5.69. The van der Waals surface area contributed by atoms with Gasteiger partial charge in [-0.25, -0.2) is 0 Å². The molecular formula is C72H127NO10. The van der Waals surface area contributed by atoms with E-state index in [9.17, 15) is 35.1 Å². The summed E-state index contributed by atoms with van der Waals surface area (Å²) < 4.78 is 17.7. The third-order valence-electron chi connectivity index (χ3n) is 15.8. The third-order valence-corrected chi connectivity index (χ3v) is 15.8. The second kappa shape index (κ2) is 59.2. The van der Waals surface area contributed by atoms with Crippen molar-refractivity contribution in [1.82, 2.24) is 5.32 Å². The van der Waals surface area contributed by atoms with Crippen LogP contribution in [0.2, 0.25) is 0 Å². The molecule has 0 bridgehead atoms. The van der Waals surface area contributed by atoms with Crippen LogP contribution < -0.4 is 5.32 Å². The molecule has 1 aliphatic rings. The molecule has 1 aliphatic heterocycles. The number of allylic oxidation sites excluding steroid dienone is 13. The van der Waals surface area contributed by atoms with Crippen LogP contribution in [0.3, 0.4) is 0 Å². The molecule has 11 heteroatoms. The Hall–Kier alpha value is -3.16. The molecule has 0 aromatic rings. The zero-order valence-electron chi connectivity index (χ0n) is 53.3. The summed E-state index contributed by atoms with van der Waals surface area (Å²) in [5.41, 5.74) is 0. The monoisotopic (exact) mass is 1170 g/mol. The molecule has 1 fully saturated rings. The van der Waals surface area contributed by atoms with Gasteiger partial charge in [-0.1, -0.05) is 298 Å². The Morgan fingerprint density at radius 3 is 1.30 bits per heavy atom. The fraction of sp³-hybridized carbons (Fsp3) is 0.778. The number of carbonyl (C=O) groups excluding carboxylic acids is 2. The van der Waals surface area contributed by atoms with E-state index in [0.29, 0.717) is 12.8 Å². The predicted octanol–water partition coefficient (Wildman–Crippen LogP) is 17.3. The Morgan fingerprint density at radius 1 is 0.482 bits per heavy atom. The van der Waals surface area contributed by atoms with Crippen molar-refractivity contribution in [2.75, 3.05) is 13.2 Å². The molecule has 0 spiro atoms. The smallest absolute Gasteiger partial charge is 0.306 e. The number of nitrogens with one attached hydrogen (secondary N) is 1. The number of unbranched alkanes of at least 4 members (excludes halogenated alkanes) is 32. The molecule has 6 N–H and O–H groups in total. The first kappa shape index (κ1) is 77.9. The standard InChI is InChI=1S/C72H127NO10/c1-4-7-10-13-16-19-22-24-26-28-30-31-32-33-34-36-37-39-41-44-47-50-53-56-59-65(76)71(80)73-63(64(75)58-55-52-49-46-43-21-18-15-12-9-6-3)62-81-72-70(69(79)68(78)66(61-74)82-72)83-67(77)60-57-54-51-48-45-42-40-38-35-29-27-25-23-20-17-14-11-8-5-2/h7,10,16,19,24,26,30-31,33-34,37,39,55,58,63-66,68-70,72,74-76,78-79H,4-6,8-9,11-15,17-18,20-23,25,27-29,32,35-36,38,40-54,56-57,59-62H2,1-3H3,(H,73,80)/b10-7-,19-16-,26-24-,31-30-,34-33-,39-37-,58-55+. The lowest BCUT2D eigenvalue weighted by atomic mass is 9.99. The average molecular weight is 1170 g/mol. The molecule has 1 heterocycles. The minimum atomic E-state index is -1.62. The van der Waals surface area contributed by atoms with Crippen molar-refractivity contribution in [3.05, 3.63) is 85.1 Å². The summed E-state index contributed by atoms with van der Waals surface area (Å²) in [4.78, 5) is 26.6.